The molecule has 0 aliphatic rings. The van der Waals surface area contributed by atoms with E-state index in [1.807, 2.05) is 61.5 Å². The highest BCUT2D eigenvalue weighted by Crippen LogP contribution is 2.25. The molecular weight excluding hydrogens is 360 g/mol. The number of hydrogen-bond acceptors (Lipinski definition) is 3. The molecule has 0 fully saturated rings. The Morgan fingerprint density at radius 1 is 1.03 bits per heavy atom. The zero-order valence-electron chi connectivity index (χ0n) is 17.8. The quantitative estimate of drug-likeness (QED) is 0.337. The van der Waals surface area contributed by atoms with Crippen LogP contribution in [0.4, 0.5) is 0 Å². The molecule has 3 rings (SSSR count). The second kappa shape index (κ2) is 9.55. The summed E-state index contributed by atoms with van der Waals surface area (Å²) < 4.78 is 7.45. The molecule has 0 amide bonds. The summed E-state index contributed by atoms with van der Waals surface area (Å²) in [6.07, 6.45) is 4.65. The molecular formula is C25H30N2O2. The van der Waals surface area contributed by atoms with E-state index in [1.165, 1.54) is 30.4 Å². The van der Waals surface area contributed by atoms with Gasteiger partial charge in [0.1, 0.15) is 0 Å². The summed E-state index contributed by atoms with van der Waals surface area (Å²) in [6, 6.07) is 17.6. The summed E-state index contributed by atoms with van der Waals surface area (Å²) in [5, 5.41) is 4.65. The standard InChI is InChI=1S/C25H30N2O2/c1-5-6-7-8-20-11-13-21(14-12-20)25(28)29-24-17-23(18(2)3)26-27(24)22-15-9-19(4)10-16-22/h9-18H,5-8H2,1-4H3. The molecule has 0 N–H and O–H groups in total. The summed E-state index contributed by atoms with van der Waals surface area (Å²) in [4.78, 5) is 12.7. The van der Waals surface area contributed by atoms with E-state index in [-0.39, 0.29) is 11.9 Å². The van der Waals surface area contributed by atoms with Crippen molar-refractivity contribution < 1.29 is 9.53 Å². The van der Waals surface area contributed by atoms with Gasteiger partial charge in [-0.25, -0.2) is 9.48 Å². The minimum Gasteiger partial charge on any atom is -0.404 e. The lowest BCUT2D eigenvalue weighted by Gasteiger charge is -2.09. The summed E-state index contributed by atoms with van der Waals surface area (Å²) in [7, 11) is 0. The minimum absolute atomic E-state index is 0.238. The number of nitrogens with zero attached hydrogens (tertiary/aromatic N) is 2. The van der Waals surface area contributed by atoms with Gasteiger partial charge in [-0.15, -0.1) is 0 Å². The molecule has 0 radical (unpaired) electrons. The molecule has 4 heteroatoms. The largest absolute Gasteiger partial charge is 0.404 e. The van der Waals surface area contributed by atoms with Gasteiger partial charge in [0.05, 0.1) is 16.9 Å². The summed E-state index contributed by atoms with van der Waals surface area (Å²) in [5.74, 6) is 0.310. The average molecular weight is 391 g/mol. The first kappa shape index (κ1) is 20.8. The maximum absolute atomic E-state index is 12.7. The Morgan fingerprint density at radius 2 is 1.72 bits per heavy atom. The van der Waals surface area contributed by atoms with E-state index >= 15 is 0 Å². The third-order valence-electron chi connectivity index (χ3n) is 5.02. The topological polar surface area (TPSA) is 44.1 Å². The van der Waals surface area contributed by atoms with Crippen LogP contribution in [-0.4, -0.2) is 15.7 Å². The molecule has 4 nitrogen and oxygen atoms in total. The molecule has 152 valence electrons. The van der Waals surface area contributed by atoms with Gasteiger partial charge in [-0.2, -0.15) is 5.10 Å². The SMILES string of the molecule is CCCCCc1ccc(C(=O)Oc2cc(C(C)C)nn2-c2ccc(C)cc2)cc1. The molecule has 0 saturated carbocycles. The number of esters is 1. The number of carbonyl (C=O) groups excluding carboxylic acids is 1. The number of aryl methyl sites for hydroxylation is 2. The number of benzene rings is 2. The van der Waals surface area contributed by atoms with Crippen LogP contribution in [-0.2, 0) is 6.42 Å². The van der Waals surface area contributed by atoms with Crippen molar-refractivity contribution >= 4 is 5.97 Å². The van der Waals surface area contributed by atoms with E-state index in [0.717, 1.165) is 17.8 Å². The molecule has 3 aromatic rings. The first-order valence-electron chi connectivity index (χ1n) is 10.5. The maximum atomic E-state index is 12.7. The van der Waals surface area contributed by atoms with Gasteiger partial charge in [0.2, 0.25) is 5.88 Å². The molecule has 0 aliphatic heterocycles. The van der Waals surface area contributed by atoms with Gasteiger partial charge in [-0.05, 0) is 55.5 Å². The van der Waals surface area contributed by atoms with Crippen LogP contribution in [0, 0.1) is 6.92 Å². The molecule has 0 aliphatic carbocycles. The fourth-order valence-corrected chi connectivity index (χ4v) is 3.15. The lowest BCUT2D eigenvalue weighted by molar-refractivity contribution is 0.0723. The molecule has 2 aromatic carbocycles. The van der Waals surface area contributed by atoms with Crippen molar-refractivity contribution in [3.05, 3.63) is 77.0 Å². The van der Waals surface area contributed by atoms with Crippen LogP contribution in [0.25, 0.3) is 5.69 Å². The molecule has 1 heterocycles. The number of rotatable bonds is 8. The highest BCUT2D eigenvalue weighted by Gasteiger charge is 2.17. The van der Waals surface area contributed by atoms with E-state index in [9.17, 15) is 4.79 Å². The van der Waals surface area contributed by atoms with Gasteiger partial charge in [-0.3, -0.25) is 0 Å². The van der Waals surface area contributed by atoms with Crippen molar-refractivity contribution in [3.63, 3.8) is 0 Å². The predicted molar refractivity (Wildman–Crippen MR) is 117 cm³/mol. The number of unbranched alkanes of at least 4 members (excludes halogenated alkanes) is 2. The van der Waals surface area contributed by atoms with Gasteiger partial charge in [0, 0.05) is 6.07 Å². The molecule has 29 heavy (non-hydrogen) atoms. The molecule has 0 atom stereocenters. The number of carbonyl (C=O) groups is 1. The van der Waals surface area contributed by atoms with Crippen LogP contribution in [0.3, 0.4) is 0 Å². The van der Waals surface area contributed by atoms with Gasteiger partial charge in [0.25, 0.3) is 0 Å². The van der Waals surface area contributed by atoms with E-state index in [1.54, 1.807) is 4.68 Å². The first-order valence-corrected chi connectivity index (χ1v) is 10.5. The molecule has 0 spiro atoms. The second-order valence-corrected chi connectivity index (χ2v) is 7.85. The predicted octanol–water partition coefficient (Wildman–Crippen LogP) is 6.26. The molecule has 0 saturated heterocycles. The fraction of sp³-hybridized carbons (Fsp3) is 0.360. The normalized spacial score (nSPS) is 11.1. The van der Waals surface area contributed by atoms with Gasteiger partial charge in [0.15, 0.2) is 0 Å². The van der Waals surface area contributed by atoms with Crippen LogP contribution in [0.1, 0.15) is 73.1 Å². The lowest BCUT2D eigenvalue weighted by Crippen LogP contribution is -2.12. The number of ether oxygens (including phenoxy) is 1. The van der Waals surface area contributed by atoms with Crippen molar-refractivity contribution in [2.24, 2.45) is 0 Å². The Bertz CT molecular complexity index is 938. The third-order valence-corrected chi connectivity index (χ3v) is 5.02. The Balaban J connectivity index is 1.79. The zero-order chi connectivity index (χ0) is 20.8. The van der Waals surface area contributed by atoms with E-state index in [4.69, 9.17) is 4.74 Å². The van der Waals surface area contributed by atoms with Crippen molar-refractivity contribution in [1.82, 2.24) is 9.78 Å². The highest BCUT2D eigenvalue weighted by molar-refractivity contribution is 5.91. The Kier molecular flexibility index (Phi) is 6.86. The highest BCUT2D eigenvalue weighted by atomic mass is 16.5. The van der Waals surface area contributed by atoms with Crippen LogP contribution < -0.4 is 4.74 Å². The van der Waals surface area contributed by atoms with Gasteiger partial charge < -0.3 is 4.74 Å². The third kappa shape index (κ3) is 5.35. The van der Waals surface area contributed by atoms with E-state index in [2.05, 4.69) is 25.9 Å². The van der Waals surface area contributed by atoms with Crippen LogP contribution in [0.15, 0.2) is 54.6 Å². The zero-order valence-corrected chi connectivity index (χ0v) is 17.8. The van der Waals surface area contributed by atoms with Crippen molar-refractivity contribution in [2.75, 3.05) is 0 Å². The minimum atomic E-state index is -0.367. The fourth-order valence-electron chi connectivity index (χ4n) is 3.15. The van der Waals surface area contributed by atoms with E-state index in [0.29, 0.717) is 11.4 Å². The van der Waals surface area contributed by atoms with Crippen LogP contribution in [0.5, 0.6) is 5.88 Å². The Morgan fingerprint density at radius 3 is 2.34 bits per heavy atom. The smallest absolute Gasteiger partial charge is 0.344 e. The molecule has 0 unspecified atom stereocenters. The van der Waals surface area contributed by atoms with Crippen LogP contribution in [0.2, 0.25) is 0 Å². The van der Waals surface area contributed by atoms with Gasteiger partial charge >= 0.3 is 5.97 Å². The Labute approximate surface area is 173 Å². The van der Waals surface area contributed by atoms with Gasteiger partial charge in [-0.1, -0.05) is 63.4 Å². The number of hydrogen-bond donors (Lipinski definition) is 0. The lowest BCUT2D eigenvalue weighted by atomic mass is 10.1. The monoisotopic (exact) mass is 390 g/mol. The first-order chi connectivity index (χ1) is 14.0. The summed E-state index contributed by atoms with van der Waals surface area (Å²) in [6.45, 7) is 8.39. The number of aromatic nitrogens is 2. The second-order valence-electron chi connectivity index (χ2n) is 7.85. The van der Waals surface area contributed by atoms with Crippen LogP contribution >= 0.6 is 0 Å². The molecule has 1 aromatic heterocycles. The summed E-state index contributed by atoms with van der Waals surface area (Å²) >= 11 is 0. The summed E-state index contributed by atoms with van der Waals surface area (Å²) in [5.41, 5.74) is 4.73. The molecule has 0 bridgehead atoms. The van der Waals surface area contributed by atoms with E-state index < -0.39 is 0 Å². The average Bonchev–Trinajstić information content (AvgIpc) is 3.13. The van der Waals surface area contributed by atoms with Crippen molar-refractivity contribution in [3.8, 4) is 11.6 Å². The van der Waals surface area contributed by atoms with Crippen molar-refractivity contribution in [1.29, 1.82) is 0 Å². The Hall–Kier alpha value is -2.88. The van der Waals surface area contributed by atoms with Crippen molar-refractivity contribution in [2.45, 2.75) is 59.3 Å². The maximum Gasteiger partial charge on any atom is 0.344 e.